The molecule has 1 heterocycles. The monoisotopic (exact) mass is 244 g/mol. The lowest BCUT2D eigenvalue weighted by Crippen LogP contribution is -2.27. The molecule has 4 nitrogen and oxygen atoms in total. The lowest BCUT2D eigenvalue weighted by molar-refractivity contribution is -0.122. The van der Waals surface area contributed by atoms with Crippen molar-refractivity contribution in [2.75, 3.05) is 11.9 Å². The first-order valence-corrected chi connectivity index (χ1v) is 6.13. The molecule has 4 heteroatoms. The highest BCUT2D eigenvalue weighted by Gasteiger charge is 2.49. The van der Waals surface area contributed by atoms with Crippen molar-refractivity contribution in [3.05, 3.63) is 30.5 Å². The molecule has 0 spiro atoms. The molecule has 2 aromatic rings. The van der Waals surface area contributed by atoms with Gasteiger partial charge in [-0.05, 0) is 18.9 Å². The Morgan fingerprint density at radius 3 is 2.83 bits per heavy atom. The molecule has 1 aliphatic rings. The number of rotatable bonds is 3. The third kappa shape index (κ3) is 1.61. The molecule has 1 amide bonds. The van der Waals surface area contributed by atoms with Crippen LogP contribution < -0.4 is 5.32 Å². The molecule has 1 saturated carbocycles. The van der Waals surface area contributed by atoms with Gasteiger partial charge in [0, 0.05) is 24.1 Å². The van der Waals surface area contributed by atoms with Crippen LogP contribution in [0.1, 0.15) is 12.8 Å². The fraction of sp³-hybridized carbons (Fsp3) is 0.357. The first-order chi connectivity index (χ1) is 8.66. The van der Waals surface area contributed by atoms with Gasteiger partial charge in [0.15, 0.2) is 0 Å². The molecule has 1 aromatic heterocycles. The van der Waals surface area contributed by atoms with Crippen LogP contribution in [0.2, 0.25) is 0 Å². The van der Waals surface area contributed by atoms with E-state index in [-0.39, 0.29) is 12.5 Å². The van der Waals surface area contributed by atoms with Gasteiger partial charge in [0.1, 0.15) is 0 Å². The zero-order chi connectivity index (χ0) is 12.8. The van der Waals surface area contributed by atoms with Crippen molar-refractivity contribution in [1.82, 2.24) is 4.57 Å². The normalized spacial score (nSPS) is 16.8. The summed E-state index contributed by atoms with van der Waals surface area (Å²) in [5, 5.41) is 13.2. The van der Waals surface area contributed by atoms with Gasteiger partial charge in [0.05, 0.1) is 17.7 Å². The second-order valence-corrected chi connectivity index (χ2v) is 5.06. The van der Waals surface area contributed by atoms with Crippen LogP contribution in [0.25, 0.3) is 10.9 Å². The summed E-state index contributed by atoms with van der Waals surface area (Å²) in [5.41, 5.74) is 1.37. The quantitative estimate of drug-likeness (QED) is 0.866. The Balaban J connectivity index is 1.94. The fourth-order valence-electron chi connectivity index (χ4n) is 2.30. The van der Waals surface area contributed by atoms with Crippen LogP contribution in [0.5, 0.6) is 0 Å². The standard InChI is InChI=1S/C14H16N2O2/c1-16-8-11(10-4-2-3-5-12(10)16)15-13(18)14(9-17)6-7-14/h2-5,8,17H,6-7,9H2,1H3,(H,15,18). The smallest absolute Gasteiger partial charge is 0.232 e. The van der Waals surface area contributed by atoms with E-state index in [1.807, 2.05) is 42.1 Å². The van der Waals surface area contributed by atoms with Crippen molar-refractivity contribution < 1.29 is 9.90 Å². The zero-order valence-electron chi connectivity index (χ0n) is 10.3. The van der Waals surface area contributed by atoms with Gasteiger partial charge < -0.3 is 15.0 Å². The average molecular weight is 244 g/mol. The van der Waals surface area contributed by atoms with Gasteiger partial charge in [-0.1, -0.05) is 18.2 Å². The first-order valence-electron chi connectivity index (χ1n) is 6.13. The SMILES string of the molecule is Cn1cc(NC(=O)C2(CO)CC2)c2ccccc21. The molecule has 1 fully saturated rings. The van der Waals surface area contributed by atoms with Crippen molar-refractivity contribution in [3.8, 4) is 0 Å². The minimum atomic E-state index is -0.531. The summed E-state index contributed by atoms with van der Waals surface area (Å²) in [6.07, 6.45) is 3.47. The van der Waals surface area contributed by atoms with Gasteiger partial charge in [0.2, 0.25) is 5.91 Å². The number of hydrogen-bond acceptors (Lipinski definition) is 2. The van der Waals surface area contributed by atoms with Gasteiger partial charge >= 0.3 is 0 Å². The Morgan fingerprint density at radius 2 is 2.17 bits per heavy atom. The number of nitrogens with zero attached hydrogens (tertiary/aromatic N) is 1. The largest absolute Gasteiger partial charge is 0.395 e. The molecule has 1 aromatic carbocycles. The van der Waals surface area contributed by atoms with E-state index in [9.17, 15) is 9.90 Å². The van der Waals surface area contributed by atoms with Gasteiger partial charge in [0.25, 0.3) is 0 Å². The summed E-state index contributed by atoms with van der Waals surface area (Å²) >= 11 is 0. The second-order valence-electron chi connectivity index (χ2n) is 5.06. The van der Waals surface area contributed by atoms with Crippen molar-refractivity contribution in [3.63, 3.8) is 0 Å². The molecule has 0 saturated heterocycles. The Morgan fingerprint density at radius 1 is 1.44 bits per heavy atom. The summed E-state index contributed by atoms with van der Waals surface area (Å²) in [6.45, 7) is -0.0659. The number of aliphatic hydroxyl groups is 1. The third-order valence-corrected chi connectivity index (χ3v) is 3.78. The van der Waals surface area contributed by atoms with Crippen LogP contribution >= 0.6 is 0 Å². The molecular formula is C14H16N2O2. The highest BCUT2D eigenvalue weighted by Crippen LogP contribution is 2.46. The van der Waals surface area contributed by atoms with Crippen LogP contribution in [0.15, 0.2) is 30.5 Å². The van der Waals surface area contributed by atoms with Gasteiger partial charge in [-0.2, -0.15) is 0 Å². The number of fused-ring (bicyclic) bond motifs is 1. The summed E-state index contributed by atoms with van der Waals surface area (Å²) < 4.78 is 1.99. The molecule has 0 atom stereocenters. The molecule has 0 unspecified atom stereocenters. The van der Waals surface area contributed by atoms with Crippen LogP contribution in [-0.2, 0) is 11.8 Å². The number of benzene rings is 1. The Bertz CT molecular complexity index is 611. The first kappa shape index (κ1) is 11.3. The van der Waals surface area contributed by atoms with Crippen LogP contribution in [-0.4, -0.2) is 22.2 Å². The Labute approximate surface area is 105 Å². The minimum absolute atomic E-state index is 0.0659. The van der Waals surface area contributed by atoms with E-state index in [4.69, 9.17) is 0 Å². The maximum Gasteiger partial charge on any atom is 0.232 e. The van der Waals surface area contributed by atoms with E-state index in [0.29, 0.717) is 0 Å². The molecule has 1 aliphatic carbocycles. The molecule has 0 aliphatic heterocycles. The topological polar surface area (TPSA) is 54.3 Å². The summed E-state index contributed by atoms with van der Waals surface area (Å²) in [4.78, 5) is 12.1. The van der Waals surface area contributed by atoms with E-state index in [1.54, 1.807) is 0 Å². The van der Waals surface area contributed by atoms with Crippen LogP contribution in [0, 0.1) is 5.41 Å². The van der Waals surface area contributed by atoms with Crippen LogP contribution in [0.3, 0.4) is 0 Å². The maximum atomic E-state index is 12.1. The number of anilines is 1. The number of aromatic nitrogens is 1. The maximum absolute atomic E-state index is 12.1. The molecule has 3 rings (SSSR count). The fourth-order valence-corrected chi connectivity index (χ4v) is 2.30. The van der Waals surface area contributed by atoms with E-state index in [0.717, 1.165) is 29.4 Å². The highest BCUT2D eigenvalue weighted by atomic mass is 16.3. The van der Waals surface area contributed by atoms with Gasteiger partial charge in [-0.25, -0.2) is 0 Å². The Hall–Kier alpha value is -1.81. The van der Waals surface area contributed by atoms with Gasteiger partial charge in [-0.3, -0.25) is 4.79 Å². The van der Waals surface area contributed by atoms with Gasteiger partial charge in [-0.15, -0.1) is 0 Å². The molecule has 0 bridgehead atoms. The molecular weight excluding hydrogens is 228 g/mol. The second kappa shape index (κ2) is 3.85. The van der Waals surface area contributed by atoms with Crippen molar-refractivity contribution in [1.29, 1.82) is 0 Å². The molecule has 0 radical (unpaired) electrons. The molecule has 18 heavy (non-hydrogen) atoms. The van der Waals surface area contributed by atoms with Crippen LogP contribution in [0.4, 0.5) is 5.69 Å². The average Bonchev–Trinajstić information content (AvgIpc) is 3.13. The molecule has 2 N–H and O–H groups in total. The Kier molecular flexibility index (Phi) is 2.41. The highest BCUT2D eigenvalue weighted by molar-refractivity contribution is 6.04. The van der Waals surface area contributed by atoms with Crippen molar-refractivity contribution in [2.24, 2.45) is 12.5 Å². The van der Waals surface area contributed by atoms with E-state index >= 15 is 0 Å². The number of aryl methyl sites for hydroxylation is 1. The number of para-hydroxylation sites is 1. The summed E-state index contributed by atoms with van der Waals surface area (Å²) in [5.74, 6) is -0.0682. The van der Waals surface area contributed by atoms with Crippen molar-refractivity contribution >= 4 is 22.5 Å². The lowest BCUT2D eigenvalue weighted by Gasteiger charge is -2.11. The molecule has 94 valence electrons. The number of carbonyl (C=O) groups is 1. The number of amides is 1. The predicted molar refractivity (Wildman–Crippen MR) is 70.3 cm³/mol. The number of carbonyl (C=O) groups excluding carboxylic acids is 1. The lowest BCUT2D eigenvalue weighted by atomic mass is 10.1. The van der Waals surface area contributed by atoms with Crippen molar-refractivity contribution in [2.45, 2.75) is 12.8 Å². The van der Waals surface area contributed by atoms with E-state index in [1.165, 1.54) is 0 Å². The third-order valence-electron chi connectivity index (χ3n) is 3.78. The van der Waals surface area contributed by atoms with E-state index in [2.05, 4.69) is 5.32 Å². The number of nitrogens with one attached hydrogen (secondary N) is 1. The zero-order valence-corrected chi connectivity index (χ0v) is 10.3. The summed E-state index contributed by atoms with van der Waals surface area (Å²) in [7, 11) is 1.96. The minimum Gasteiger partial charge on any atom is -0.395 e. The predicted octanol–water partition coefficient (Wildman–Crippen LogP) is 1.89. The van der Waals surface area contributed by atoms with E-state index < -0.39 is 5.41 Å². The number of aliphatic hydroxyl groups excluding tert-OH is 1. The summed E-state index contributed by atoms with van der Waals surface area (Å²) in [6, 6.07) is 7.94. The number of hydrogen-bond donors (Lipinski definition) is 2.